The summed E-state index contributed by atoms with van der Waals surface area (Å²) in [4.78, 5) is 10.6. The van der Waals surface area contributed by atoms with Crippen molar-refractivity contribution in [2.45, 2.75) is 6.92 Å². The van der Waals surface area contributed by atoms with Gasteiger partial charge < -0.3 is 0 Å². The summed E-state index contributed by atoms with van der Waals surface area (Å²) < 4.78 is 1.61. The van der Waals surface area contributed by atoms with E-state index in [2.05, 4.69) is 5.10 Å². The predicted molar refractivity (Wildman–Crippen MR) is 63.7 cm³/mol. The van der Waals surface area contributed by atoms with Crippen LogP contribution >= 0.6 is 23.2 Å². The summed E-state index contributed by atoms with van der Waals surface area (Å²) in [5.41, 5.74) is 1.92. The normalized spacial score (nSPS) is 10.4. The third-order valence-electron chi connectivity index (χ3n) is 2.16. The number of nitrogens with zero attached hydrogens (tertiary/aromatic N) is 2. The van der Waals surface area contributed by atoms with Gasteiger partial charge in [-0.15, -0.1) is 0 Å². The van der Waals surface area contributed by atoms with Crippen molar-refractivity contribution >= 4 is 29.5 Å². The summed E-state index contributed by atoms with van der Waals surface area (Å²) in [6, 6.07) is 6.82. The van der Waals surface area contributed by atoms with Gasteiger partial charge >= 0.3 is 0 Å². The Kier molecular flexibility index (Phi) is 2.99. The van der Waals surface area contributed by atoms with E-state index < -0.39 is 0 Å². The smallest absolute Gasteiger partial charge is 0.170 e. The summed E-state index contributed by atoms with van der Waals surface area (Å²) in [7, 11) is 0. The molecule has 2 rings (SSSR count). The van der Waals surface area contributed by atoms with Crippen molar-refractivity contribution in [3.05, 3.63) is 45.7 Å². The number of rotatable bonds is 2. The fourth-order valence-electron chi connectivity index (χ4n) is 1.45. The average Bonchev–Trinajstić information content (AvgIpc) is 2.60. The lowest BCUT2D eigenvalue weighted by molar-refractivity contribution is 0.111. The van der Waals surface area contributed by atoms with Gasteiger partial charge in [0.05, 0.1) is 10.7 Å². The molecule has 82 valence electrons. The maximum absolute atomic E-state index is 10.6. The van der Waals surface area contributed by atoms with Crippen LogP contribution in [0.1, 0.15) is 16.2 Å². The van der Waals surface area contributed by atoms with Crippen LogP contribution in [-0.2, 0) is 0 Å². The number of hydrogen-bond acceptors (Lipinski definition) is 2. The zero-order chi connectivity index (χ0) is 11.7. The lowest BCUT2D eigenvalue weighted by Crippen LogP contribution is -2.00. The summed E-state index contributed by atoms with van der Waals surface area (Å²) in [5.74, 6) is 0. The first-order valence-electron chi connectivity index (χ1n) is 4.59. The van der Waals surface area contributed by atoms with E-state index in [1.54, 1.807) is 28.9 Å². The average molecular weight is 255 g/mol. The van der Waals surface area contributed by atoms with Crippen LogP contribution in [0.4, 0.5) is 0 Å². The molecule has 1 aromatic heterocycles. The number of aldehydes is 1. The van der Waals surface area contributed by atoms with E-state index >= 15 is 0 Å². The molecule has 0 N–H and O–H groups in total. The number of halogens is 2. The second-order valence-electron chi connectivity index (χ2n) is 3.34. The highest BCUT2D eigenvalue weighted by molar-refractivity contribution is 6.35. The number of hydrogen-bond donors (Lipinski definition) is 0. The van der Waals surface area contributed by atoms with Crippen LogP contribution < -0.4 is 0 Å². The molecule has 0 aliphatic heterocycles. The Balaban J connectivity index is 2.57. The molecular formula is C11H8Cl2N2O. The molecule has 0 saturated carbocycles. The SMILES string of the molecule is Cc1cc(C=O)nn1-c1ccc(Cl)cc1Cl. The fraction of sp³-hybridized carbons (Fsp3) is 0.0909. The molecule has 0 bridgehead atoms. The van der Waals surface area contributed by atoms with Crippen LogP contribution in [0.3, 0.4) is 0 Å². The lowest BCUT2D eigenvalue weighted by atomic mass is 10.3. The lowest BCUT2D eigenvalue weighted by Gasteiger charge is -2.06. The third kappa shape index (κ3) is 1.96. The second-order valence-corrected chi connectivity index (χ2v) is 4.18. The molecule has 0 amide bonds. The number of carbonyl (C=O) groups is 1. The standard InChI is InChI=1S/C11H8Cl2N2O/c1-7-4-9(6-16)14-15(7)11-3-2-8(12)5-10(11)13/h2-6H,1H3. The minimum Gasteiger partial charge on any atom is -0.296 e. The van der Waals surface area contributed by atoms with E-state index in [0.29, 0.717) is 27.7 Å². The number of aryl methyl sites for hydroxylation is 1. The van der Waals surface area contributed by atoms with Gasteiger partial charge in [0, 0.05) is 10.7 Å². The Morgan fingerprint density at radius 3 is 2.62 bits per heavy atom. The highest BCUT2D eigenvalue weighted by Gasteiger charge is 2.09. The molecule has 0 spiro atoms. The van der Waals surface area contributed by atoms with Crippen LogP contribution in [-0.4, -0.2) is 16.1 Å². The van der Waals surface area contributed by atoms with Gasteiger partial charge in [0.2, 0.25) is 0 Å². The second kappa shape index (κ2) is 4.28. The topological polar surface area (TPSA) is 34.9 Å². The van der Waals surface area contributed by atoms with Crippen molar-refractivity contribution in [3.63, 3.8) is 0 Å². The zero-order valence-electron chi connectivity index (χ0n) is 8.45. The molecule has 0 unspecified atom stereocenters. The van der Waals surface area contributed by atoms with Gasteiger partial charge in [-0.1, -0.05) is 23.2 Å². The van der Waals surface area contributed by atoms with Crippen molar-refractivity contribution in [2.24, 2.45) is 0 Å². The minimum absolute atomic E-state index is 0.378. The molecule has 0 saturated heterocycles. The molecule has 1 heterocycles. The Labute approximate surface area is 103 Å². The molecule has 3 nitrogen and oxygen atoms in total. The van der Waals surface area contributed by atoms with Crippen molar-refractivity contribution in [1.82, 2.24) is 9.78 Å². The van der Waals surface area contributed by atoms with Crippen molar-refractivity contribution in [3.8, 4) is 5.69 Å². The maximum Gasteiger partial charge on any atom is 0.170 e. The van der Waals surface area contributed by atoms with Gasteiger partial charge in [0.15, 0.2) is 6.29 Å². The first-order chi connectivity index (χ1) is 7.61. The Morgan fingerprint density at radius 2 is 2.06 bits per heavy atom. The minimum atomic E-state index is 0.378. The molecule has 2 aromatic rings. The molecule has 0 atom stereocenters. The molecule has 1 aromatic carbocycles. The van der Waals surface area contributed by atoms with Gasteiger partial charge in [-0.3, -0.25) is 4.79 Å². The first-order valence-corrected chi connectivity index (χ1v) is 5.34. The molecule has 0 radical (unpaired) electrons. The summed E-state index contributed by atoms with van der Waals surface area (Å²) in [6.45, 7) is 1.85. The number of benzene rings is 1. The van der Waals surface area contributed by atoms with Crippen LogP contribution in [0.25, 0.3) is 5.69 Å². The Hall–Kier alpha value is -1.32. The number of carbonyl (C=O) groups excluding carboxylic acids is 1. The molecule has 5 heteroatoms. The van der Waals surface area contributed by atoms with Crippen LogP contribution in [0.2, 0.25) is 10.0 Å². The highest BCUT2D eigenvalue weighted by Crippen LogP contribution is 2.25. The number of aromatic nitrogens is 2. The molecule has 16 heavy (non-hydrogen) atoms. The molecular weight excluding hydrogens is 247 g/mol. The van der Waals surface area contributed by atoms with Crippen LogP contribution in [0.15, 0.2) is 24.3 Å². The van der Waals surface area contributed by atoms with Gasteiger partial charge in [-0.25, -0.2) is 4.68 Å². The van der Waals surface area contributed by atoms with E-state index in [0.717, 1.165) is 5.69 Å². The quantitative estimate of drug-likeness (QED) is 0.771. The molecule has 0 fully saturated rings. The Bertz CT molecular complexity index is 549. The largest absolute Gasteiger partial charge is 0.296 e. The highest BCUT2D eigenvalue weighted by atomic mass is 35.5. The molecule has 0 aliphatic rings. The first kappa shape index (κ1) is 11.2. The van der Waals surface area contributed by atoms with Gasteiger partial charge in [-0.05, 0) is 31.2 Å². The zero-order valence-corrected chi connectivity index (χ0v) is 9.96. The van der Waals surface area contributed by atoms with E-state index in [-0.39, 0.29) is 0 Å². The Morgan fingerprint density at radius 1 is 1.31 bits per heavy atom. The van der Waals surface area contributed by atoms with E-state index in [1.807, 2.05) is 6.92 Å². The van der Waals surface area contributed by atoms with E-state index in [4.69, 9.17) is 23.2 Å². The summed E-state index contributed by atoms with van der Waals surface area (Å²) in [6.07, 6.45) is 0.702. The van der Waals surface area contributed by atoms with Gasteiger partial charge in [-0.2, -0.15) is 5.10 Å². The summed E-state index contributed by atoms with van der Waals surface area (Å²) in [5, 5.41) is 5.17. The molecule has 0 aliphatic carbocycles. The maximum atomic E-state index is 10.6. The van der Waals surface area contributed by atoms with Gasteiger partial charge in [0.1, 0.15) is 5.69 Å². The summed E-state index contributed by atoms with van der Waals surface area (Å²) >= 11 is 11.9. The fourth-order valence-corrected chi connectivity index (χ4v) is 1.94. The van der Waals surface area contributed by atoms with E-state index in [1.165, 1.54) is 0 Å². The van der Waals surface area contributed by atoms with Crippen molar-refractivity contribution < 1.29 is 4.79 Å². The third-order valence-corrected chi connectivity index (χ3v) is 2.70. The van der Waals surface area contributed by atoms with Crippen LogP contribution in [0.5, 0.6) is 0 Å². The monoisotopic (exact) mass is 254 g/mol. The van der Waals surface area contributed by atoms with E-state index in [9.17, 15) is 4.79 Å². The van der Waals surface area contributed by atoms with Crippen molar-refractivity contribution in [2.75, 3.05) is 0 Å². The predicted octanol–water partition coefficient (Wildman–Crippen LogP) is 3.30. The van der Waals surface area contributed by atoms with Gasteiger partial charge in [0.25, 0.3) is 0 Å². The van der Waals surface area contributed by atoms with Crippen LogP contribution in [0, 0.1) is 6.92 Å². The van der Waals surface area contributed by atoms with Crippen molar-refractivity contribution in [1.29, 1.82) is 0 Å².